The number of nitrogens with zero attached hydrogens (tertiary/aromatic N) is 3. The Hall–Kier alpha value is -2.80. The van der Waals surface area contributed by atoms with Gasteiger partial charge in [0.15, 0.2) is 11.2 Å². The van der Waals surface area contributed by atoms with Crippen LogP contribution in [-0.2, 0) is 27.3 Å². The Morgan fingerprint density at radius 1 is 1.26 bits per heavy atom. The first-order valence-corrected chi connectivity index (χ1v) is 9.29. The zero-order valence-corrected chi connectivity index (χ0v) is 15.0. The van der Waals surface area contributed by atoms with Crippen molar-refractivity contribution >= 4 is 27.2 Å². The van der Waals surface area contributed by atoms with E-state index in [2.05, 4.69) is 15.0 Å². The highest BCUT2D eigenvalue weighted by Gasteiger charge is 2.08. The maximum Gasteiger partial charge on any atom is 0.280 e. The van der Waals surface area contributed by atoms with Crippen molar-refractivity contribution in [3.05, 3.63) is 52.6 Å². The van der Waals surface area contributed by atoms with Crippen molar-refractivity contribution in [3.8, 4) is 0 Å². The Kier molecular flexibility index (Phi) is 7.01. The molecule has 1 aromatic carbocycles. The first kappa shape index (κ1) is 20.5. The zero-order chi connectivity index (χ0) is 19.9. The number of hydrogen-bond acceptors (Lipinski definition) is 8. The van der Waals surface area contributed by atoms with Crippen molar-refractivity contribution in [2.24, 2.45) is 0 Å². The van der Waals surface area contributed by atoms with Crippen LogP contribution in [0, 0.1) is 0 Å². The van der Waals surface area contributed by atoms with E-state index in [-0.39, 0.29) is 42.7 Å². The quantitative estimate of drug-likeness (QED) is 0.323. The van der Waals surface area contributed by atoms with Crippen molar-refractivity contribution in [3.63, 3.8) is 0 Å². The van der Waals surface area contributed by atoms with Crippen LogP contribution in [0.5, 0.6) is 0 Å². The average Bonchev–Trinajstić information content (AvgIpc) is 2.98. The molecule has 0 saturated heterocycles. The van der Waals surface area contributed by atoms with Gasteiger partial charge in [0.25, 0.3) is 15.7 Å². The molecule has 0 amide bonds. The molecule has 0 aliphatic rings. The van der Waals surface area contributed by atoms with E-state index in [1.165, 1.54) is 10.9 Å². The number of H-pyrrole nitrogens is 1. The molecule has 0 atom stereocenters. The maximum absolute atomic E-state index is 11.4. The zero-order valence-electron chi connectivity index (χ0n) is 14.1. The lowest BCUT2D eigenvalue weighted by molar-refractivity contribution is 0.0499. The highest BCUT2D eigenvalue weighted by Crippen LogP contribution is 2.06. The van der Waals surface area contributed by atoms with Gasteiger partial charge in [0.05, 0.1) is 19.5 Å². The Morgan fingerprint density at radius 3 is 2.59 bits per heavy atom. The summed E-state index contributed by atoms with van der Waals surface area (Å²) < 4.78 is 35.8. The third-order valence-corrected chi connectivity index (χ3v) is 3.85. The van der Waals surface area contributed by atoms with Crippen LogP contribution < -0.4 is 11.3 Å². The van der Waals surface area contributed by atoms with Gasteiger partial charge in [-0.1, -0.05) is 30.3 Å². The molecular formula is C15H19N5O6S. The Labute approximate surface area is 154 Å². The lowest BCUT2D eigenvalue weighted by Gasteiger charge is -2.03. The summed E-state index contributed by atoms with van der Waals surface area (Å²) in [6.07, 6.45) is 1.43. The van der Waals surface area contributed by atoms with Crippen LogP contribution >= 0.6 is 0 Å². The number of nitrogen functional groups attached to an aromatic ring is 1. The number of imidazole rings is 1. The minimum atomic E-state index is -3.88. The molecule has 27 heavy (non-hydrogen) atoms. The van der Waals surface area contributed by atoms with Gasteiger partial charge in [-0.3, -0.25) is 18.9 Å². The van der Waals surface area contributed by atoms with E-state index in [4.69, 9.17) is 20.1 Å². The molecule has 2 heterocycles. The minimum absolute atomic E-state index is 0.0291. The SMILES string of the molecule is Nc1nc2c(ncn2COCCO)c(=O)[nH]1.O=S(=O)(O)Cc1ccccc1. The van der Waals surface area contributed by atoms with Crippen LogP contribution in [0.15, 0.2) is 41.5 Å². The summed E-state index contributed by atoms with van der Waals surface area (Å²) in [6, 6.07) is 8.52. The monoisotopic (exact) mass is 397 g/mol. The Bertz CT molecular complexity index is 1030. The highest BCUT2D eigenvalue weighted by atomic mass is 32.2. The molecule has 0 radical (unpaired) electrons. The van der Waals surface area contributed by atoms with E-state index in [0.29, 0.717) is 11.2 Å². The molecule has 3 aromatic rings. The summed E-state index contributed by atoms with van der Waals surface area (Å²) >= 11 is 0. The number of nitrogens with two attached hydrogens (primary N) is 1. The van der Waals surface area contributed by atoms with E-state index >= 15 is 0 Å². The molecule has 5 N–H and O–H groups in total. The molecule has 0 aliphatic heterocycles. The maximum atomic E-state index is 11.4. The molecule has 0 spiro atoms. The number of nitrogens with one attached hydrogen (secondary N) is 1. The van der Waals surface area contributed by atoms with Gasteiger partial charge in [-0.05, 0) is 5.56 Å². The lowest BCUT2D eigenvalue weighted by Crippen LogP contribution is -2.13. The van der Waals surface area contributed by atoms with Gasteiger partial charge >= 0.3 is 0 Å². The topological polar surface area (TPSA) is 173 Å². The number of aromatic amines is 1. The van der Waals surface area contributed by atoms with Crippen LogP contribution in [0.1, 0.15) is 5.56 Å². The highest BCUT2D eigenvalue weighted by molar-refractivity contribution is 7.85. The number of rotatable bonds is 6. The summed E-state index contributed by atoms with van der Waals surface area (Å²) in [5.41, 5.74) is 6.20. The third-order valence-electron chi connectivity index (χ3n) is 3.15. The number of anilines is 1. The molecule has 0 saturated carbocycles. The summed E-state index contributed by atoms with van der Waals surface area (Å²) in [5.74, 6) is -0.283. The van der Waals surface area contributed by atoms with Crippen LogP contribution in [0.2, 0.25) is 0 Å². The molecule has 0 aliphatic carbocycles. The Balaban J connectivity index is 0.000000208. The van der Waals surface area contributed by atoms with Gasteiger partial charge in [-0.2, -0.15) is 13.4 Å². The van der Waals surface area contributed by atoms with E-state index in [0.717, 1.165) is 0 Å². The second kappa shape index (κ2) is 9.23. The van der Waals surface area contributed by atoms with Gasteiger partial charge in [0.1, 0.15) is 12.5 Å². The predicted octanol–water partition coefficient (Wildman–Crippen LogP) is -0.257. The number of aliphatic hydroxyl groups excluding tert-OH is 1. The molecule has 0 fully saturated rings. The van der Waals surface area contributed by atoms with Crippen molar-refractivity contribution in [2.45, 2.75) is 12.5 Å². The number of ether oxygens (including phenoxy) is 1. The summed E-state index contributed by atoms with van der Waals surface area (Å²) in [7, 11) is -3.88. The lowest BCUT2D eigenvalue weighted by atomic mass is 10.2. The fourth-order valence-electron chi connectivity index (χ4n) is 2.08. The van der Waals surface area contributed by atoms with E-state index < -0.39 is 10.1 Å². The molecule has 146 valence electrons. The fraction of sp³-hybridized carbons (Fsp3) is 0.267. The van der Waals surface area contributed by atoms with Gasteiger partial charge in [0, 0.05) is 0 Å². The second-order valence-corrected chi connectivity index (χ2v) is 6.76. The molecule has 2 aromatic heterocycles. The standard InChI is InChI=1S/C8H11N5O3.C7H8O3S/c9-8-11-6-5(7(15)12-8)10-3-13(6)4-16-2-1-14;8-11(9,10)6-7-4-2-1-3-5-7/h3,14H,1-2,4H2,(H3,9,11,12,15);1-5H,6H2,(H,8,9,10). The average molecular weight is 397 g/mol. The number of benzene rings is 1. The first-order valence-electron chi connectivity index (χ1n) is 7.68. The van der Waals surface area contributed by atoms with Crippen molar-refractivity contribution in [1.82, 2.24) is 19.5 Å². The fourth-order valence-corrected chi connectivity index (χ4v) is 2.69. The number of aliphatic hydroxyl groups is 1. The summed E-state index contributed by atoms with van der Waals surface area (Å²) in [5, 5.41) is 8.56. The number of fused-ring (bicyclic) bond motifs is 1. The normalized spacial score (nSPS) is 11.2. The second-order valence-electron chi connectivity index (χ2n) is 5.31. The number of hydrogen-bond donors (Lipinski definition) is 4. The van der Waals surface area contributed by atoms with Crippen LogP contribution in [0.3, 0.4) is 0 Å². The molecule has 0 unspecified atom stereocenters. The summed E-state index contributed by atoms with van der Waals surface area (Å²) in [4.78, 5) is 21.6. The van der Waals surface area contributed by atoms with Crippen molar-refractivity contribution < 1.29 is 22.8 Å². The molecule has 11 nitrogen and oxygen atoms in total. The van der Waals surface area contributed by atoms with Gasteiger partial charge in [-0.25, -0.2) is 4.98 Å². The van der Waals surface area contributed by atoms with Crippen molar-refractivity contribution in [1.29, 1.82) is 0 Å². The van der Waals surface area contributed by atoms with Crippen LogP contribution in [0.25, 0.3) is 11.2 Å². The predicted molar refractivity (Wildman–Crippen MR) is 97.3 cm³/mol. The summed E-state index contributed by atoms with van der Waals surface area (Å²) in [6.45, 7) is 0.300. The van der Waals surface area contributed by atoms with E-state index in [1.54, 1.807) is 30.3 Å². The molecular weight excluding hydrogens is 378 g/mol. The van der Waals surface area contributed by atoms with E-state index in [9.17, 15) is 13.2 Å². The van der Waals surface area contributed by atoms with Crippen LogP contribution in [-0.4, -0.2) is 50.8 Å². The third kappa shape index (κ3) is 6.45. The van der Waals surface area contributed by atoms with Gasteiger partial charge < -0.3 is 15.6 Å². The molecule has 0 bridgehead atoms. The first-order chi connectivity index (χ1) is 12.8. The molecule has 12 heteroatoms. The molecule has 3 rings (SSSR count). The van der Waals surface area contributed by atoms with Crippen LogP contribution in [0.4, 0.5) is 5.95 Å². The van der Waals surface area contributed by atoms with Gasteiger partial charge in [-0.15, -0.1) is 0 Å². The van der Waals surface area contributed by atoms with E-state index in [1.807, 2.05) is 0 Å². The van der Waals surface area contributed by atoms with Gasteiger partial charge in [0.2, 0.25) is 5.95 Å². The smallest absolute Gasteiger partial charge is 0.280 e. The number of aromatic nitrogens is 4. The van der Waals surface area contributed by atoms with Crippen molar-refractivity contribution in [2.75, 3.05) is 18.9 Å². The largest absolute Gasteiger partial charge is 0.394 e. The Morgan fingerprint density at radius 2 is 1.96 bits per heavy atom. The minimum Gasteiger partial charge on any atom is -0.394 e.